The minimum Gasteiger partial charge on any atom is -0.326 e. The molecule has 1 saturated carbocycles. The van der Waals surface area contributed by atoms with Crippen LogP contribution in [-0.2, 0) is 11.0 Å². The molecule has 8 heteroatoms. The van der Waals surface area contributed by atoms with Gasteiger partial charge in [-0.3, -0.25) is 14.6 Å². The number of aromatic nitrogens is 1. The molecule has 0 aliphatic heterocycles. The molecule has 0 spiro atoms. The molecular weight excluding hydrogens is 371 g/mol. The van der Waals surface area contributed by atoms with Crippen LogP contribution in [0.3, 0.4) is 0 Å². The number of carbonyl (C=O) groups is 2. The number of carbonyl (C=O) groups excluding carboxylic acids is 2. The molecule has 2 N–H and O–H groups in total. The molecule has 1 aliphatic rings. The second kappa shape index (κ2) is 8.41. The van der Waals surface area contributed by atoms with E-state index in [-0.39, 0.29) is 28.8 Å². The predicted molar refractivity (Wildman–Crippen MR) is 98.8 cm³/mol. The minimum atomic E-state index is -4.61. The van der Waals surface area contributed by atoms with Gasteiger partial charge in [-0.1, -0.05) is 19.3 Å². The minimum absolute atomic E-state index is 0.00638. The quantitative estimate of drug-likeness (QED) is 0.781. The van der Waals surface area contributed by atoms with E-state index < -0.39 is 17.6 Å². The maximum absolute atomic E-state index is 13.3. The van der Waals surface area contributed by atoms with Gasteiger partial charge < -0.3 is 10.6 Å². The Bertz CT molecular complexity index is 848. The Morgan fingerprint density at radius 2 is 1.68 bits per heavy atom. The normalized spacial score (nSPS) is 15.1. The average molecular weight is 391 g/mol. The third-order valence-electron chi connectivity index (χ3n) is 4.69. The molecule has 1 aromatic heterocycles. The largest absolute Gasteiger partial charge is 0.416 e. The Labute approximate surface area is 160 Å². The summed E-state index contributed by atoms with van der Waals surface area (Å²) < 4.78 is 39.8. The Kier molecular flexibility index (Phi) is 5.96. The molecule has 28 heavy (non-hydrogen) atoms. The first-order chi connectivity index (χ1) is 13.3. The summed E-state index contributed by atoms with van der Waals surface area (Å²) in [6, 6.07) is 6.09. The van der Waals surface area contributed by atoms with Gasteiger partial charge >= 0.3 is 6.18 Å². The lowest BCUT2D eigenvalue weighted by Gasteiger charge is -2.21. The fraction of sp³-hybridized carbons (Fsp3) is 0.350. The molecular formula is C20H20F3N3O2. The van der Waals surface area contributed by atoms with Gasteiger partial charge in [-0.05, 0) is 43.2 Å². The lowest BCUT2D eigenvalue weighted by atomic mass is 9.88. The summed E-state index contributed by atoms with van der Waals surface area (Å²) in [4.78, 5) is 28.4. The maximum atomic E-state index is 13.3. The third kappa shape index (κ3) is 5.09. The van der Waals surface area contributed by atoms with Gasteiger partial charge in [0, 0.05) is 29.7 Å². The fourth-order valence-corrected chi connectivity index (χ4v) is 3.25. The van der Waals surface area contributed by atoms with Crippen LogP contribution in [0, 0.1) is 5.92 Å². The van der Waals surface area contributed by atoms with E-state index in [0.29, 0.717) is 0 Å². The van der Waals surface area contributed by atoms with Gasteiger partial charge in [0.2, 0.25) is 5.91 Å². The van der Waals surface area contributed by atoms with E-state index in [0.717, 1.165) is 44.2 Å². The van der Waals surface area contributed by atoms with Crippen molar-refractivity contribution < 1.29 is 22.8 Å². The van der Waals surface area contributed by atoms with Gasteiger partial charge in [0.05, 0.1) is 11.1 Å². The van der Waals surface area contributed by atoms with E-state index in [2.05, 4.69) is 15.6 Å². The van der Waals surface area contributed by atoms with E-state index in [1.54, 1.807) is 6.07 Å². The number of halogens is 3. The molecule has 3 rings (SSSR count). The predicted octanol–water partition coefficient (Wildman–Crippen LogP) is 4.87. The fourth-order valence-electron chi connectivity index (χ4n) is 3.25. The molecule has 0 bridgehead atoms. The van der Waals surface area contributed by atoms with Gasteiger partial charge in [0.15, 0.2) is 0 Å². The molecule has 1 heterocycles. The van der Waals surface area contributed by atoms with Crippen molar-refractivity contribution in [2.45, 2.75) is 38.3 Å². The number of hydrogen-bond acceptors (Lipinski definition) is 3. The second-order valence-corrected chi connectivity index (χ2v) is 6.82. The van der Waals surface area contributed by atoms with Crippen molar-refractivity contribution in [2.75, 3.05) is 10.6 Å². The molecule has 5 nitrogen and oxygen atoms in total. The van der Waals surface area contributed by atoms with E-state index in [4.69, 9.17) is 0 Å². The van der Waals surface area contributed by atoms with Crippen LogP contribution in [0.4, 0.5) is 24.5 Å². The highest BCUT2D eigenvalue weighted by molar-refractivity contribution is 6.04. The highest BCUT2D eigenvalue weighted by Gasteiger charge is 2.32. The van der Waals surface area contributed by atoms with Crippen molar-refractivity contribution in [1.29, 1.82) is 0 Å². The van der Waals surface area contributed by atoms with Gasteiger partial charge in [-0.2, -0.15) is 13.2 Å². The highest BCUT2D eigenvalue weighted by Crippen LogP contribution is 2.34. The van der Waals surface area contributed by atoms with Crippen LogP contribution in [-0.4, -0.2) is 16.8 Å². The third-order valence-corrected chi connectivity index (χ3v) is 4.69. The number of nitrogens with one attached hydrogen (secondary N) is 2. The molecule has 0 saturated heterocycles. The monoisotopic (exact) mass is 391 g/mol. The van der Waals surface area contributed by atoms with Gasteiger partial charge in [0.1, 0.15) is 0 Å². The smallest absolute Gasteiger partial charge is 0.326 e. The van der Waals surface area contributed by atoms with Crippen molar-refractivity contribution in [3.8, 4) is 0 Å². The summed E-state index contributed by atoms with van der Waals surface area (Å²) in [5, 5.41) is 5.01. The number of anilines is 2. The van der Waals surface area contributed by atoms with Crippen LogP contribution in [0.2, 0.25) is 0 Å². The summed E-state index contributed by atoms with van der Waals surface area (Å²) >= 11 is 0. The molecule has 0 radical (unpaired) electrons. The molecule has 0 unspecified atom stereocenters. The zero-order chi connectivity index (χ0) is 20.1. The number of alkyl halides is 3. The van der Waals surface area contributed by atoms with E-state index >= 15 is 0 Å². The zero-order valence-corrected chi connectivity index (χ0v) is 15.1. The lowest BCUT2D eigenvalue weighted by Crippen LogP contribution is -2.25. The summed E-state index contributed by atoms with van der Waals surface area (Å²) in [5.41, 5.74) is -0.780. The first-order valence-electron chi connectivity index (χ1n) is 9.07. The molecule has 148 valence electrons. The molecule has 2 amide bonds. The van der Waals surface area contributed by atoms with Crippen LogP contribution in [0.15, 0.2) is 42.7 Å². The Balaban J connectivity index is 1.82. The molecule has 1 aromatic carbocycles. The number of benzene rings is 1. The second-order valence-electron chi connectivity index (χ2n) is 6.82. The van der Waals surface area contributed by atoms with E-state index in [1.165, 1.54) is 24.5 Å². The molecule has 0 atom stereocenters. The topological polar surface area (TPSA) is 71.1 Å². The summed E-state index contributed by atoms with van der Waals surface area (Å²) in [6.07, 6.45) is 2.59. The first-order valence-corrected chi connectivity index (χ1v) is 9.07. The van der Waals surface area contributed by atoms with E-state index in [9.17, 15) is 22.8 Å². The van der Waals surface area contributed by atoms with Crippen LogP contribution in [0.5, 0.6) is 0 Å². The first kappa shape index (κ1) is 19.9. The van der Waals surface area contributed by atoms with Crippen LogP contribution >= 0.6 is 0 Å². The van der Waals surface area contributed by atoms with Crippen molar-refractivity contribution in [3.63, 3.8) is 0 Å². The Hall–Kier alpha value is -2.90. The average Bonchev–Trinajstić information content (AvgIpc) is 2.68. The number of pyridine rings is 1. The van der Waals surface area contributed by atoms with E-state index in [1.807, 2.05) is 0 Å². The Morgan fingerprint density at radius 1 is 1.00 bits per heavy atom. The van der Waals surface area contributed by atoms with Crippen LogP contribution < -0.4 is 10.6 Å². The van der Waals surface area contributed by atoms with Crippen molar-refractivity contribution >= 4 is 23.2 Å². The van der Waals surface area contributed by atoms with Crippen molar-refractivity contribution in [3.05, 3.63) is 53.9 Å². The van der Waals surface area contributed by atoms with Gasteiger partial charge in [-0.25, -0.2) is 0 Å². The maximum Gasteiger partial charge on any atom is 0.416 e. The van der Waals surface area contributed by atoms with Crippen molar-refractivity contribution in [1.82, 2.24) is 4.98 Å². The number of hydrogen-bond donors (Lipinski definition) is 2. The summed E-state index contributed by atoms with van der Waals surface area (Å²) in [5.74, 6) is -1.07. The molecule has 1 fully saturated rings. The number of rotatable bonds is 4. The van der Waals surface area contributed by atoms with Crippen LogP contribution in [0.1, 0.15) is 48.0 Å². The highest BCUT2D eigenvalue weighted by atomic mass is 19.4. The number of nitrogens with zero attached hydrogens (tertiary/aromatic N) is 1. The zero-order valence-electron chi connectivity index (χ0n) is 15.1. The van der Waals surface area contributed by atoms with Crippen LogP contribution in [0.25, 0.3) is 0 Å². The summed E-state index contributed by atoms with van der Waals surface area (Å²) in [6.45, 7) is 0. The standard InChI is InChI=1S/C20H20F3N3O2/c21-20(22,23)15-9-16(25-18(27)13-5-2-1-3-6-13)11-17(10-15)26-19(28)14-7-4-8-24-12-14/h4,7-13H,1-3,5-6H2,(H,25,27)(H,26,28). The molecule has 2 aromatic rings. The number of amides is 2. The van der Waals surface area contributed by atoms with Gasteiger partial charge in [-0.15, -0.1) is 0 Å². The van der Waals surface area contributed by atoms with Crippen molar-refractivity contribution in [2.24, 2.45) is 5.92 Å². The molecule has 1 aliphatic carbocycles. The SMILES string of the molecule is O=C(Nc1cc(NC(=O)C2CCCCC2)cc(C(F)(F)F)c1)c1cccnc1. The van der Waals surface area contributed by atoms with Gasteiger partial charge in [0.25, 0.3) is 5.91 Å². The lowest BCUT2D eigenvalue weighted by molar-refractivity contribution is -0.137. The Morgan fingerprint density at radius 3 is 2.29 bits per heavy atom. The summed E-state index contributed by atoms with van der Waals surface area (Å²) in [7, 11) is 0.